The Hall–Kier alpha value is -0.660. The highest BCUT2D eigenvalue weighted by atomic mass is 32.2. The van der Waals surface area contributed by atoms with E-state index in [1.807, 2.05) is 41.5 Å². The van der Waals surface area contributed by atoms with Crippen LogP contribution in [0.1, 0.15) is 67.2 Å². The lowest BCUT2D eigenvalue weighted by atomic mass is 9.74. The standard InChI is InChI=1S/C18H34N2O4S/c1-16(2,3)24-15(22)20-9-7-18(8-10-20)12-13(21)11-14(18)19-25(23)17(4,5)6/h13-14,19,21H,7-12H2,1-6H3/t13?,14?,25-/m1/s1. The number of hydrogen-bond donors (Lipinski definition) is 2. The van der Waals surface area contributed by atoms with Gasteiger partial charge in [-0.15, -0.1) is 0 Å². The van der Waals surface area contributed by atoms with Crippen molar-refractivity contribution >= 4 is 17.1 Å². The highest BCUT2D eigenvalue weighted by molar-refractivity contribution is 7.84. The lowest BCUT2D eigenvalue weighted by Gasteiger charge is -2.43. The molecule has 1 heterocycles. The first-order chi connectivity index (χ1) is 11.3. The van der Waals surface area contributed by atoms with Crippen molar-refractivity contribution < 1.29 is 18.8 Å². The minimum Gasteiger partial charge on any atom is -0.444 e. The first kappa shape index (κ1) is 20.6. The van der Waals surface area contributed by atoms with Crippen LogP contribution in [0.25, 0.3) is 0 Å². The Balaban J connectivity index is 2.01. The zero-order valence-corrected chi connectivity index (χ0v) is 17.2. The summed E-state index contributed by atoms with van der Waals surface area (Å²) in [7, 11) is -1.17. The van der Waals surface area contributed by atoms with Crippen LogP contribution in [0.4, 0.5) is 4.79 Å². The molecule has 1 saturated heterocycles. The Morgan fingerprint density at radius 3 is 2.24 bits per heavy atom. The van der Waals surface area contributed by atoms with Crippen LogP contribution in [-0.2, 0) is 15.7 Å². The zero-order chi connectivity index (χ0) is 19.0. The second-order valence-corrected chi connectivity index (χ2v) is 11.5. The molecule has 146 valence electrons. The van der Waals surface area contributed by atoms with Gasteiger partial charge in [-0.05, 0) is 72.6 Å². The molecule has 1 saturated carbocycles. The smallest absolute Gasteiger partial charge is 0.410 e. The molecule has 1 aliphatic heterocycles. The number of carbonyl (C=O) groups excluding carboxylic acids is 1. The van der Waals surface area contributed by atoms with Crippen molar-refractivity contribution in [3.63, 3.8) is 0 Å². The molecule has 2 rings (SSSR count). The summed E-state index contributed by atoms with van der Waals surface area (Å²) in [5.74, 6) is 0. The molecule has 2 fully saturated rings. The average molecular weight is 375 g/mol. The quantitative estimate of drug-likeness (QED) is 0.779. The van der Waals surface area contributed by atoms with E-state index in [-0.39, 0.29) is 28.4 Å². The van der Waals surface area contributed by atoms with Crippen LogP contribution in [0.15, 0.2) is 0 Å². The molecule has 6 nitrogen and oxygen atoms in total. The second kappa shape index (κ2) is 7.16. The average Bonchev–Trinajstić information content (AvgIpc) is 2.72. The number of nitrogens with zero attached hydrogens (tertiary/aromatic N) is 1. The van der Waals surface area contributed by atoms with E-state index in [9.17, 15) is 14.1 Å². The molecule has 2 unspecified atom stereocenters. The summed E-state index contributed by atoms with van der Waals surface area (Å²) in [5, 5.41) is 10.2. The third-order valence-corrected chi connectivity index (χ3v) is 6.72. The summed E-state index contributed by atoms with van der Waals surface area (Å²) >= 11 is 0. The Kier molecular flexibility index (Phi) is 5.91. The number of hydrogen-bond acceptors (Lipinski definition) is 4. The number of ether oxygens (including phenoxy) is 1. The molecule has 1 aliphatic carbocycles. The highest BCUT2D eigenvalue weighted by Crippen LogP contribution is 2.47. The van der Waals surface area contributed by atoms with Gasteiger partial charge >= 0.3 is 6.09 Å². The fourth-order valence-corrected chi connectivity index (χ4v) is 4.67. The molecule has 0 aromatic heterocycles. The van der Waals surface area contributed by atoms with Gasteiger partial charge in [0.15, 0.2) is 0 Å². The van der Waals surface area contributed by atoms with Gasteiger partial charge in [0.05, 0.1) is 21.8 Å². The molecule has 2 N–H and O–H groups in total. The summed E-state index contributed by atoms with van der Waals surface area (Å²) < 4.78 is 20.9. The highest BCUT2D eigenvalue weighted by Gasteiger charge is 2.50. The molecule has 3 atom stereocenters. The van der Waals surface area contributed by atoms with Crippen molar-refractivity contribution in [1.82, 2.24) is 9.62 Å². The van der Waals surface area contributed by atoms with Gasteiger partial charge in [-0.2, -0.15) is 0 Å². The van der Waals surface area contributed by atoms with Crippen LogP contribution in [0.2, 0.25) is 0 Å². The van der Waals surface area contributed by atoms with E-state index in [0.717, 1.165) is 12.8 Å². The maximum absolute atomic E-state index is 12.5. The lowest BCUT2D eigenvalue weighted by Crippen LogP contribution is -2.52. The van der Waals surface area contributed by atoms with Gasteiger partial charge in [0.1, 0.15) is 5.60 Å². The van der Waals surface area contributed by atoms with Crippen LogP contribution in [0.3, 0.4) is 0 Å². The zero-order valence-electron chi connectivity index (χ0n) is 16.4. The van der Waals surface area contributed by atoms with E-state index in [1.165, 1.54) is 0 Å². The van der Waals surface area contributed by atoms with Crippen LogP contribution in [0.5, 0.6) is 0 Å². The van der Waals surface area contributed by atoms with Crippen LogP contribution in [0, 0.1) is 5.41 Å². The number of rotatable bonds is 2. The molecule has 25 heavy (non-hydrogen) atoms. The van der Waals surface area contributed by atoms with Gasteiger partial charge in [-0.3, -0.25) is 0 Å². The minimum absolute atomic E-state index is 0.0170. The molecule has 0 radical (unpaired) electrons. The Bertz CT molecular complexity index is 516. The molecule has 0 aromatic rings. The fourth-order valence-electron chi connectivity index (χ4n) is 3.71. The maximum atomic E-state index is 12.5. The van der Waals surface area contributed by atoms with E-state index < -0.39 is 16.6 Å². The second-order valence-electron chi connectivity index (χ2n) is 9.47. The van der Waals surface area contributed by atoms with Crippen LogP contribution in [-0.4, -0.2) is 55.9 Å². The van der Waals surface area contributed by atoms with Crippen LogP contribution < -0.4 is 4.72 Å². The summed E-state index contributed by atoms with van der Waals surface area (Å²) in [6, 6.07) is 0.0170. The number of aliphatic hydroxyl groups is 1. The molecule has 0 bridgehead atoms. The van der Waals surface area contributed by atoms with Crippen molar-refractivity contribution in [2.75, 3.05) is 13.1 Å². The Morgan fingerprint density at radius 1 is 1.20 bits per heavy atom. The summed E-state index contributed by atoms with van der Waals surface area (Å²) in [6.07, 6.45) is 2.26. The van der Waals surface area contributed by atoms with Crippen LogP contribution >= 0.6 is 0 Å². The Morgan fingerprint density at radius 2 is 1.76 bits per heavy atom. The van der Waals surface area contributed by atoms with E-state index in [0.29, 0.717) is 25.9 Å². The molecular weight excluding hydrogens is 340 g/mol. The fraction of sp³-hybridized carbons (Fsp3) is 0.944. The first-order valence-electron chi connectivity index (χ1n) is 9.16. The van der Waals surface area contributed by atoms with Gasteiger partial charge in [0.2, 0.25) is 0 Å². The van der Waals surface area contributed by atoms with E-state index in [4.69, 9.17) is 4.74 Å². The lowest BCUT2D eigenvalue weighted by molar-refractivity contribution is 0.00692. The van der Waals surface area contributed by atoms with E-state index in [1.54, 1.807) is 4.90 Å². The van der Waals surface area contributed by atoms with Crippen molar-refractivity contribution in [1.29, 1.82) is 0 Å². The van der Waals surface area contributed by atoms with Crippen molar-refractivity contribution in [2.24, 2.45) is 5.41 Å². The van der Waals surface area contributed by atoms with Gasteiger partial charge in [0.25, 0.3) is 0 Å². The summed E-state index contributed by atoms with van der Waals surface area (Å²) in [6.45, 7) is 12.7. The van der Waals surface area contributed by atoms with Gasteiger partial charge in [-0.1, -0.05) is 0 Å². The molecule has 1 spiro atoms. The Labute approximate surface area is 154 Å². The molecular formula is C18H34N2O4S. The number of nitrogens with one attached hydrogen (secondary N) is 1. The number of aliphatic hydroxyl groups excluding tert-OH is 1. The molecule has 1 amide bonds. The molecule has 0 aromatic carbocycles. The number of amides is 1. The minimum atomic E-state index is -1.17. The normalized spacial score (nSPS) is 28.2. The van der Waals surface area contributed by atoms with E-state index in [2.05, 4.69) is 4.72 Å². The largest absolute Gasteiger partial charge is 0.444 e. The monoisotopic (exact) mass is 374 g/mol. The maximum Gasteiger partial charge on any atom is 0.410 e. The van der Waals surface area contributed by atoms with Crippen molar-refractivity contribution in [3.05, 3.63) is 0 Å². The van der Waals surface area contributed by atoms with Gasteiger partial charge < -0.3 is 14.7 Å². The number of piperidine rings is 1. The van der Waals surface area contributed by atoms with Gasteiger partial charge in [0, 0.05) is 19.1 Å². The molecule has 2 aliphatic rings. The summed E-state index contributed by atoms with van der Waals surface area (Å²) in [4.78, 5) is 14.0. The number of carbonyl (C=O) groups is 1. The third kappa shape index (κ3) is 5.17. The van der Waals surface area contributed by atoms with E-state index >= 15 is 0 Å². The first-order valence-corrected chi connectivity index (χ1v) is 10.3. The predicted molar refractivity (Wildman–Crippen MR) is 99.5 cm³/mol. The SMILES string of the molecule is CC(C)(C)OC(=O)N1CCC2(CC1)CC(O)CC2N[S@](=O)C(C)(C)C. The topological polar surface area (TPSA) is 78.9 Å². The third-order valence-electron chi connectivity index (χ3n) is 5.11. The van der Waals surface area contributed by atoms with Gasteiger partial charge in [-0.25, -0.2) is 13.7 Å². The molecule has 7 heteroatoms. The van der Waals surface area contributed by atoms with Crippen molar-refractivity contribution in [2.45, 2.75) is 89.7 Å². The van der Waals surface area contributed by atoms with Crippen molar-refractivity contribution in [3.8, 4) is 0 Å². The predicted octanol–water partition coefficient (Wildman–Crippen LogP) is 2.58. The number of likely N-dealkylation sites (tertiary alicyclic amines) is 1. The summed E-state index contributed by atoms with van der Waals surface area (Å²) in [5.41, 5.74) is -0.595.